The van der Waals surface area contributed by atoms with Gasteiger partial charge in [0.05, 0.1) is 12.8 Å². The lowest BCUT2D eigenvalue weighted by molar-refractivity contribution is 0.182. The third kappa shape index (κ3) is 4.41. The quantitative estimate of drug-likeness (QED) is 0.617. The molecule has 0 bridgehead atoms. The van der Waals surface area contributed by atoms with Gasteiger partial charge < -0.3 is 10.5 Å². The summed E-state index contributed by atoms with van der Waals surface area (Å²) in [5.74, 6) is 0. The first kappa shape index (κ1) is 16.8. The van der Waals surface area contributed by atoms with E-state index < -0.39 is 10.0 Å². The van der Waals surface area contributed by atoms with E-state index in [9.17, 15) is 8.42 Å². The number of hydrogen-bond donors (Lipinski definition) is 1. The maximum atomic E-state index is 12.5. The molecule has 0 unspecified atom stereocenters. The highest BCUT2D eigenvalue weighted by Gasteiger charge is 2.24. The molecule has 0 amide bonds. The zero-order chi connectivity index (χ0) is 15.0. The van der Waals surface area contributed by atoms with Crippen molar-refractivity contribution in [2.24, 2.45) is 5.73 Å². The van der Waals surface area contributed by atoms with Gasteiger partial charge in [-0.25, -0.2) is 8.42 Å². The van der Waals surface area contributed by atoms with Gasteiger partial charge in [0.1, 0.15) is 4.90 Å². The van der Waals surface area contributed by atoms with Crippen LogP contribution in [0.2, 0.25) is 0 Å². The summed E-state index contributed by atoms with van der Waals surface area (Å²) in [5, 5.41) is 4.04. The molecule has 1 heterocycles. The average Bonchev–Trinajstić information content (AvgIpc) is 2.90. The van der Waals surface area contributed by atoms with Gasteiger partial charge in [0, 0.05) is 32.9 Å². The van der Waals surface area contributed by atoms with Crippen molar-refractivity contribution in [2.45, 2.75) is 17.9 Å². The molecule has 7 nitrogen and oxygen atoms in total. The van der Waals surface area contributed by atoms with E-state index in [1.165, 1.54) is 23.8 Å². The van der Waals surface area contributed by atoms with Crippen molar-refractivity contribution < 1.29 is 13.2 Å². The first-order valence-corrected chi connectivity index (χ1v) is 7.82. The molecule has 0 aliphatic carbocycles. The van der Waals surface area contributed by atoms with E-state index in [0.717, 1.165) is 6.42 Å². The minimum absolute atomic E-state index is 0.174. The Morgan fingerprint density at radius 3 is 2.95 bits per heavy atom. The molecule has 0 spiro atoms. The van der Waals surface area contributed by atoms with Gasteiger partial charge in [-0.1, -0.05) is 6.08 Å². The highest BCUT2D eigenvalue weighted by molar-refractivity contribution is 7.89. The zero-order valence-electron chi connectivity index (χ0n) is 11.7. The van der Waals surface area contributed by atoms with Crippen LogP contribution in [0.4, 0.5) is 0 Å². The van der Waals surface area contributed by atoms with Gasteiger partial charge in [-0.2, -0.15) is 9.40 Å². The van der Waals surface area contributed by atoms with E-state index in [1.807, 2.05) is 0 Å². The molecule has 0 aliphatic heterocycles. The minimum atomic E-state index is -3.57. The molecule has 20 heavy (non-hydrogen) atoms. The van der Waals surface area contributed by atoms with Gasteiger partial charge >= 0.3 is 0 Å². The average molecular weight is 302 g/mol. The third-order valence-corrected chi connectivity index (χ3v) is 4.53. The minimum Gasteiger partial charge on any atom is -0.383 e. The maximum Gasteiger partial charge on any atom is 0.246 e. The summed E-state index contributed by atoms with van der Waals surface area (Å²) in [7, 11) is -2.04. The fraction of sp³-hybridized carbons (Fsp3) is 0.583. The van der Waals surface area contributed by atoms with Crippen molar-refractivity contribution in [1.29, 1.82) is 0 Å². The zero-order valence-corrected chi connectivity index (χ0v) is 12.6. The molecular weight excluding hydrogens is 280 g/mol. The number of sulfonamides is 1. The number of nitrogens with zero attached hydrogens (tertiary/aromatic N) is 3. The topological polar surface area (TPSA) is 90.5 Å². The lowest BCUT2D eigenvalue weighted by Gasteiger charge is -2.19. The van der Waals surface area contributed by atoms with Crippen LogP contribution in [0.3, 0.4) is 0 Å². The van der Waals surface area contributed by atoms with Crippen molar-refractivity contribution in [2.75, 3.05) is 33.4 Å². The predicted molar refractivity (Wildman–Crippen MR) is 76.7 cm³/mol. The summed E-state index contributed by atoms with van der Waals surface area (Å²) in [6.45, 7) is 5.56. The third-order valence-electron chi connectivity index (χ3n) is 2.72. The molecule has 0 aliphatic rings. The number of hydrogen-bond acceptors (Lipinski definition) is 5. The molecule has 1 rings (SSSR count). The molecule has 1 aromatic heterocycles. The summed E-state index contributed by atoms with van der Waals surface area (Å²) in [5.41, 5.74) is 5.42. The number of rotatable bonds is 10. The van der Waals surface area contributed by atoms with Crippen LogP contribution in [-0.2, 0) is 21.3 Å². The smallest absolute Gasteiger partial charge is 0.246 e. The first-order valence-electron chi connectivity index (χ1n) is 6.38. The van der Waals surface area contributed by atoms with Crippen LogP contribution in [-0.4, -0.2) is 55.9 Å². The van der Waals surface area contributed by atoms with Crippen LogP contribution >= 0.6 is 0 Å². The van der Waals surface area contributed by atoms with Crippen molar-refractivity contribution in [3.63, 3.8) is 0 Å². The number of nitrogens with two attached hydrogens (primary N) is 1. The Morgan fingerprint density at radius 1 is 1.60 bits per heavy atom. The number of methoxy groups -OCH3 is 1. The van der Waals surface area contributed by atoms with Crippen molar-refractivity contribution in [3.05, 3.63) is 25.0 Å². The van der Waals surface area contributed by atoms with Gasteiger partial charge in [0.2, 0.25) is 10.0 Å². The molecule has 8 heteroatoms. The Kier molecular flexibility index (Phi) is 6.86. The van der Waals surface area contributed by atoms with Crippen molar-refractivity contribution >= 4 is 10.0 Å². The van der Waals surface area contributed by atoms with E-state index in [0.29, 0.717) is 19.7 Å². The molecule has 1 aromatic rings. The lowest BCUT2D eigenvalue weighted by atomic mass is 10.4. The van der Waals surface area contributed by atoms with Gasteiger partial charge in [0.25, 0.3) is 0 Å². The lowest BCUT2D eigenvalue weighted by Crippen LogP contribution is -2.33. The monoisotopic (exact) mass is 302 g/mol. The fourth-order valence-corrected chi connectivity index (χ4v) is 3.00. The Hall–Kier alpha value is -1.22. The number of ether oxygens (including phenoxy) is 1. The predicted octanol–water partition coefficient (Wildman–Crippen LogP) is 0.0550. The van der Waals surface area contributed by atoms with Crippen molar-refractivity contribution in [1.82, 2.24) is 14.1 Å². The molecule has 0 fully saturated rings. The molecule has 2 N–H and O–H groups in total. The Bertz CT molecular complexity index is 513. The summed E-state index contributed by atoms with van der Waals surface area (Å²) in [4.78, 5) is 0.174. The molecule has 0 atom stereocenters. The second-order valence-corrected chi connectivity index (χ2v) is 6.16. The SMILES string of the molecule is C=CCN(CCOC)S(=O)(=O)c1cnn(CCCN)c1. The summed E-state index contributed by atoms with van der Waals surface area (Å²) in [6.07, 6.45) is 5.18. The standard InChI is InChI=1S/C12H22N4O3S/c1-3-6-16(8-9-19-2)20(17,18)12-10-14-15(11-12)7-4-5-13/h3,10-11H,1,4-9,13H2,2H3. The van der Waals surface area contributed by atoms with E-state index >= 15 is 0 Å². The second-order valence-electron chi connectivity index (χ2n) is 4.23. The summed E-state index contributed by atoms with van der Waals surface area (Å²) in [6, 6.07) is 0. The molecule has 0 saturated carbocycles. The highest BCUT2D eigenvalue weighted by atomic mass is 32.2. The normalized spacial score (nSPS) is 11.9. The maximum absolute atomic E-state index is 12.5. The van der Waals surface area contributed by atoms with E-state index in [-0.39, 0.29) is 18.0 Å². The van der Waals surface area contributed by atoms with Crippen LogP contribution in [0.15, 0.2) is 29.9 Å². The van der Waals surface area contributed by atoms with E-state index in [2.05, 4.69) is 11.7 Å². The Labute approximate surface area is 120 Å². The molecule has 0 saturated heterocycles. The molecule has 0 radical (unpaired) electrons. The van der Waals surface area contributed by atoms with Gasteiger partial charge in [-0.05, 0) is 13.0 Å². The Balaban J connectivity index is 2.88. The fourth-order valence-electron chi connectivity index (χ4n) is 1.65. The van der Waals surface area contributed by atoms with Gasteiger partial charge in [-0.15, -0.1) is 6.58 Å². The number of aryl methyl sites for hydroxylation is 1. The van der Waals surface area contributed by atoms with Crippen LogP contribution in [0.5, 0.6) is 0 Å². The summed E-state index contributed by atoms with van der Waals surface area (Å²) < 4.78 is 32.8. The van der Waals surface area contributed by atoms with Gasteiger partial charge in [0.15, 0.2) is 0 Å². The van der Waals surface area contributed by atoms with Crippen LogP contribution in [0.1, 0.15) is 6.42 Å². The largest absolute Gasteiger partial charge is 0.383 e. The molecule has 0 aromatic carbocycles. The second kappa shape index (κ2) is 8.15. The van der Waals surface area contributed by atoms with E-state index in [1.54, 1.807) is 10.8 Å². The molecular formula is C12H22N4O3S. The summed E-state index contributed by atoms with van der Waals surface area (Å²) >= 11 is 0. The van der Waals surface area contributed by atoms with Crippen LogP contribution < -0.4 is 5.73 Å². The van der Waals surface area contributed by atoms with Crippen LogP contribution in [0.25, 0.3) is 0 Å². The highest BCUT2D eigenvalue weighted by Crippen LogP contribution is 2.14. The Morgan fingerprint density at radius 2 is 2.35 bits per heavy atom. The van der Waals surface area contributed by atoms with Crippen LogP contribution in [0, 0.1) is 0 Å². The van der Waals surface area contributed by atoms with E-state index in [4.69, 9.17) is 10.5 Å². The van der Waals surface area contributed by atoms with Crippen molar-refractivity contribution in [3.8, 4) is 0 Å². The molecule has 114 valence electrons. The number of aromatic nitrogens is 2. The van der Waals surface area contributed by atoms with Gasteiger partial charge in [-0.3, -0.25) is 4.68 Å². The first-order chi connectivity index (χ1) is 9.56.